The van der Waals surface area contributed by atoms with Gasteiger partial charge in [-0.15, -0.1) is 11.8 Å². The number of nitrogens with one attached hydrogen (secondary N) is 1. The van der Waals surface area contributed by atoms with Crippen LogP contribution in [0.15, 0.2) is 53.4 Å². The maximum atomic E-state index is 12.0. The molecule has 1 heterocycles. The lowest BCUT2D eigenvalue weighted by Crippen LogP contribution is -2.11. The van der Waals surface area contributed by atoms with E-state index in [0.29, 0.717) is 11.6 Å². The van der Waals surface area contributed by atoms with E-state index >= 15 is 0 Å². The highest BCUT2D eigenvalue weighted by molar-refractivity contribution is 7.98. The maximum Gasteiger partial charge on any atom is 0.226 e. The second-order valence-corrected chi connectivity index (χ2v) is 6.80. The van der Waals surface area contributed by atoms with Crippen molar-refractivity contribution < 1.29 is 4.79 Å². The van der Waals surface area contributed by atoms with Crippen LogP contribution in [0.5, 0.6) is 0 Å². The summed E-state index contributed by atoms with van der Waals surface area (Å²) in [5.41, 5.74) is 2.10. The first kappa shape index (κ1) is 15.1. The first-order valence-electron chi connectivity index (χ1n) is 7.03. The summed E-state index contributed by atoms with van der Waals surface area (Å²) < 4.78 is 1.10. The van der Waals surface area contributed by atoms with Crippen molar-refractivity contribution in [3.63, 3.8) is 0 Å². The molecule has 0 aliphatic rings. The van der Waals surface area contributed by atoms with Crippen LogP contribution in [0, 0.1) is 0 Å². The Kier molecular flexibility index (Phi) is 4.75. The Morgan fingerprint density at radius 3 is 2.82 bits per heavy atom. The number of thiazole rings is 1. The Bertz CT molecular complexity index is 784. The third-order valence-electron chi connectivity index (χ3n) is 3.33. The van der Waals surface area contributed by atoms with Crippen LogP contribution < -0.4 is 5.32 Å². The van der Waals surface area contributed by atoms with E-state index in [-0.39, 0.29) is 5.91 Å². The van der Waals surface area contributed by atoms with Gasteiger partial charge in [0.15, 0.2) is 5.13 Å². The van der Waals surface area contributed by atoms with Crippen molar-refractivity contribution >= 4 is 44.4 Å². The zero-order valence-corrected chi connectivity index (χ0v) is 13.8. The van der Waals surface area contributed by atoms with E-state index in [9.17, 15) is 4.79 Å². The number of nitrogens with zero attached hydrogens (tertiary/aromatic N) is 1. The summed E-state index contributed by atoms with van der Waals surface area (Å²) in [6, 6.07) is 16.2. The summed E-state index contributed by atoms with van der Waals surface area (Å²) in [6.07, 6.45) is 3.26. The SMILES string of the molecule is CSc1ccc2nc(NC(=O)CCc3ccccc3)sc2c1. The summed E-state index contributed by atoms with van der Waals surface area (Å²) in [5.74, 6) is 0.00741. The predicted molar refractivity (Wildman–Crippen MR) is 94.8 cm³/mol. The molecule has 3 rings (SSSR count). The summed E-state index contributed by atoms with van der Waals surface area (Å²) >= 11 is 3.22. The van der Waals surface area contributed by atoms with Crippen LogP contribution in [0.3, 0.4) is 0 Å². The quantitative estimate of drug-likeness (QED) is 0.697. The number of carbonyl (C=O) groups excluding carboxylic acids is 1. The number of fused-ring (bicyclic) bond motifs is 1. The molecule has 22 heavy (non-hydrogen) atoms. The third kappa shape index (κ3) is 3.67. The lowest BCUT2D eigenvalue weighted by Gasteiger charge is -2.01. The smallest absolute Gasteiger partial charge is 0.226 e. The number of hydrogen-bond acceptors (Lipinski definition) is 4. The van der Waals surface area contributed by atoms with Crippen molar-refractivity contribution in [1.82, 2.24) is 4.98 Å². The van der Waals surface area contributed by atoms with Gasteiger partial charge in [-0.2, -0.15) is 0 Å². The molecule has 112 valence electrons. The van der Waals surface area contributed by atoms with E-state index in [1.807, 2.05) is 42.5 Å². The number of aryl methyl sites for hydroxylation is 1. The van der Waals surface area contributed by atoms with Crippen molar-refractivity contribution in [2.45, 2.75) is 17.7 Å². The zero-order chi connectivity index (χ0) is 15.4. The number of benzene rings is 2. The van der Waals surface area contributed by atoms with Gasteiger partial charge in [-0.3, -0.25) is 4.79 Å². The molecule has 0 saturated heterocycles. The number of hydrogen-bond donors (Lipinski definition) is 1. The molecule has 0 unspecified atom stereocenters. The lowest BCUT2D eigenvalue weighted by molar-refractivity contribution is -0.116. The van der Waals surface area contributed by atoms with Gasteiger partial charge in [0.25, 0.3) is 0 Å². The van der Waals surface area contributed by atoms with Crippen LogP contribution in [0.4, 0.5) is 5.13 Å². The average Bonchev–Trinajstić information content (AvgIpc) is 2.95. The van der Waals surface area contributed by atoms with Crippen molar-refractivity contribution in [1.29, 1.82) is 0 Å². The molecule has 0 radical (unpaired) electrons. The van der Waals surface area contributed by atoms with Crippen LogP contribution in [0.2, 0.25) is 0 Å². The Morgan fingerprint density at radius 1 is 1.23 bits per heavy atom. The van der Waals surface area contributed by atoms with Crippen LogP contribution in [0.1, 0.15) is 12.0 Å². The fourth-order valence-electron chi connectivity index (χ4n) is 2.17. The molecule has 1 N–H and O–H groups in total. The van der Waals surface area contributed by atoms with Gasteiger partial charge in [-0.1, -0.05) is 41.7 Å². The maximum absolute atomic E-state index is 12.0. The molecule has 0 atom stereocenters. The van der Waals surface area contributed by atoms with Gasteiger partial charge in [-0.25, -0.2) is 4.98 Å². The van der Waals surface area contributed by atoms with E-state index in [2.05, 4.69) is 22.6 Å². The lowest BCUT2D eigenvalue weighted by atomic mass is 10.1. The molecule has 1 amide bonds. The number of thioether (sulfide) groups is 1. The molecular weight excluding hydrogens is 312 g/mol. The first-order valence-corrected chi connectivity index (χ1v) is 9.07. The molecule has 0 fully saturated rings. The molecule has 2 aromatic carbocycles. The minimum absolute atomic E-state index is 0.00741. The molecule has 0 aliphatic heterocycles. The van der Waals surface area contributed by atoms with E-state index in [1.54, 1.807) is 11.8 Å². The number of aromatic nitrogens is 1. The number of amides is 1. The molecule has 5 heteroatoms. The molecule has 0 spiro atoms. The highest BCUT2D eigenvalue weighted by atomic mass is 32.2. The van der Waals surface area contributed by atoms with Crippen molar-refractivity contribution in [2.75, 3.05) is 11.6 Å². The number of anilines is 1. The highest BCUT2D eigenvalue weighted by Crippen LogP contribution is 2.29. The average molecular weight is 328 g/mol. The van der Waals surface area contributed by atoms with E-state index in [1.165, 1.54) is 21.8 Å². The second-order valence-electron chi connectivity index (χ2n) is 4.89. The van der Waals surface area contributed by atoms with Gasteiger partial charge in [0.05, 0.1) is 10.2 Å². The number of carbonyl (C=O) groups is 1. The third-order valence-corrected chi connectivity index (χ3v) is 4.98. The Morgan fingerprint density at radius 2 is 2.05 bits per heavy atom. The molecular formula is C17H16N2OS2. The van der Waals surface area contributed by atoms with Crippen molar-refractivity contribution in [3.05, 3.63) is 54.1 Å². The molecule has 3 nitrogen and oxygen atoms in total. The minimum Gasteiger partial charge on any atom is -0.302 e. The Hall–Kier alpha value is -1.85. The van der Waals surface area contributed by atoms with Gasteiger partial charge in [0.2, 0.25) is 5.91 Å². The molecule has 0 aliphatic carbocycles. The highest BCUT2D eigenvalue weighted by Gasteiger charge is 2.08. The standard InChI is InChI=1S/C17H16N2OS2/c1-21-13-8-9-14-15(11-13)22-17(18-14)19-16(20)10-7-12-5-3-2-4-6-12/h2-6,8-9,11H,7,10H2,1H3,(H,18,19,20). The molecule has 0 bridgehead atoms. The van der Waals surface area contributed by atoms with Crippen molar-refractivity contribution in [3.8, 4) is 0 Å². The fraction of sp³-hybridized carbons (Fsp3) is 0.176. The normalized spacial score (nSPS) is 10.8. The van der Waals surface area contributed by atoms with Crippen molar-refractivity contribution in [2.24, 2.45) is 0 Å². The summed E-state index contributed by atoms with van der Waals surface area (Å²) in [7, 11) is 0. The van der Waals surface area contributed by atoms with Gasteiger partial charge in [0, 0.05) is 11.3 Å². The first-order chi connectivity index (χ1) is 10.7. The summed E-state index contributed by atoms with van der Waals surface area (Å²) in [6.45, 7) is 0. The van der Waals surface area contributed by atoms with Gasteiger partial charge < -0.3 is 5.32 Å². The zero-order valence-electron chi connectivity index (χ0n) is 12.2. The monoisotopic (exact) mass is 328 g/mol. The molecule has 1 aromatic heterocycles. The van der Waals surface area contributed by atoms with E-state index in [4.69, 9.17) is 0 Å². The van der Waals surface area contributed by atoms with E-state index < -0.39 is 0 Å². The van der Waals surface area contributed by atoms with Gasteiger partial charge in [-0.05, 0) is 36.4 Å². The van der Waals surface area contributed by atoms with Gasteiger partial charge >= 0.3 is 0 Å². The summed E-state index contributed by atoms with van der Waals surface area (Å²) in [5, 5.41) is 3.57. The summed E-state index contributed by atoms with van der Waals surface area (Å²) in [4.78, 5) is 17.7. The number of rotatable bonds is 5. The van der Waals surface area contributed by atoms with Crippen LogP contribution >= 0.6 is 23.1 Å². The molecule has 3 aromatic rings. The van der Waals surface area contributed by atoms with Crippen LogP contribution in [-0.2, 0) is 11.2 Å². The van der Waals surface area contributed by atoms with Gasteiger partial charge in [0.1, 0.15) is 0 Å². The Balaban J connectivity index is 1.63. The van der Waals surface area contributed by atoms with E-state index in [0.717, 1.165) is 16.6 Å². The van der Waals surface area contributed by atoms with Crippen LogP contribution in [0.25, 0.3) is 10.2 Å². The largest absolute Gasteiger partial charge is 0.302 e. The topological polar surface area (TPSA) is 42.0 Å². The molecule has 0 saturated carbocycles. The predicted octanol–water partition coefficient (Wildman–Crippen LogP) is 4.59. The second kappa shape index (κ2) is 6.94. The Labute approximate surface area is 137 Å². The minimum atomic E-state index is 0.00741. The fourth-order valence-corrected chi connectivity index (χ4v) is 3.61. The van der Waals surface area contributed by atoms with Crippen LogP contribution in [-0.4, -0.2) is 17.1 Å².